The van der Waals surface area contributed by atoms with Crippen LogP contribution in [0.25, 0.3) is 11.5 Å². The normalized spacial score (nSPS) is 14.4. The van der Waals surface area contributed by atoms with E-state index in [1.807, 2.05) is 18.2 Å². The van der Waals surface area contributed by atoms with Gasteiger partial charge in [-0.3, -0.25) is 4.98 Å². The number of urea groups is 1. The fourth-order valence-corrected chi connectivity index (χ4v) is 3.45. The molecule has 1 saturated heterocycles. The van der Waals surface area contributed by atoms with E-state index in [1.165, 1.54) is 0 Å². The van der Waals surface area contributed by atoms with Gasteiger partial charge in [-0.15, -0.1) is 0 Å². The summed E-state index contributed by atoms with van der Waals surface area (Å²) in [4.78, 5) is 23.2. The summed E-state index contributed by atoms with van der Waals surface area (Å²) in [6.45, 7) is 1.20. The lowest BCUT2D eigenvalue weighted by Gasteiger charge is -2.30. The molecule has 0 atom stereocenters. The number of hydrogen-bond donors (Lipinski definition) is 1. The van der Waals surface area contributed by atoms with Crippen LogP contribution in [0.2, 0.25) is 0 Å². The number of carbonyl (C=O) groups excluding carboxylic acids is 1. The average molecular weight is 409 g/mol. The van der Waals surface area contributed by atoms with Crippen LogP contribution < -0.4 is 14.8 Å². The summed E-state index contributed by atoms with van der Waals surface area (Å²) in [6, 6.07) is 10.7. The first-order chi connectivity index (χ1) is 14.7. The van der Waals surface area contributed by atoms with Crippen molar-refractivity contribution in [1.82, 2.24) is 20.0 Å². The molecule has 0 saturated carbocycles. The van der Waals surface area contributed by atoms with Gasteiger partial charge in [-0.05, 0) is 37.1 Å². The number of pyridine rings is 1. The summed E-state index contributed by atoms with van der Waals surface area (Å²) < 4.78 is 16.0. The highest BCUT2D eigenvalue weighted by molar-refractivity contribution is 5.89. The Kier molecular flexibility index (Phi) is 5.78. The molecule has 3 heterocycles. The standard InChI is InChI=1S/C21H23N5O4/c1-28-17-7-6-15(13-18(17)29-2)23-21(27)26-11-8-14(9-12-26)20-24-19(25-30-20)16-5-3-4-10-22-16/h3-7,10,13-14H,8-9,11-12H2,1-2H3,(H,23,27). The second-order valence-electron chi connectivity index (χ2n) is 6.93. The average Bonchev–Trinajstić information content (AvgIpc) is 3.30. The van der Waals surface area contributed by atoms with E-state index in [9.17, 15) is 4.79 Å². The molecule has 1 N–H and O–H groups in total. The lowest BCUT2D eigenvalue weighted by molar-refractivity contribution is 0.187. The Morgan fingerprint density at radius 2 is 1.93 bits per heavy atom. The molecule has 0 bridgehead atoms. The number of hydrogen-bond acceptors (Lipinski definition) is 7. The van der Waals surface area contributed by atoms with E-state index >= 15 is 0 Å². The van der Waals surface area contributed by atoms with Gasteiger partial charge < -0.3 is 24.2 Å². The second-order valence-corrected chi connectivity index (χ2v) is 6.93. The van der Waals surface area contributed by atoms with Crippen LogP contribution in [-0.2, 0) is 0 Å². The van der Waals surface area contributed by atoms with Gasteiger partial charge in [-0.25, -0.2) is 4.79 Å². The zero-order valence-corrected chi connectivity index (χ0v) is 16.9. The number of benzene rings is 1. The van der Waals surface area contributed by atoms with E-state index in [4.69, 9.17) is 14.0 Å². The predicted octanol–water partition coefficient (Wildman–Crippen LogP) is 3.56. The third-order valence-corrected chi connectivity index (χ3v) is 5.10. The Balaban J connectivity index is 1.34. The van der Waals surface area contributed by atoms with Crippen molar-refractivity contribution in [2.45, 2.75) is 18.8 Å². The van der Waals surface area contributed by atoms with Crippen molar-refractivity contribution >= 4 is 11.7 Å². The number of ether oxygens (including phenoxy) is 2. The molecule has 4 rings (SSSR count). The Morgan fingerprint density at radius 3 is 2.63 bits per heavy atom. The van der Waals surface area contributed by atoms with E-state index in [1.54, 1.807) is 43.5 Å². The molecule has 1 fully saturated rings. The summed E-state index contributed by atoms with van der Waals surface area (Å²) in [5.41, 5.74) is 1.33. The highest BCUT2D eigenvalue weighted by Gasteiger charge is 2.28. The second kappa shape index (κ2) is 8.81. The van der Waals surface area contributed by atoms with Crippen LogP contribution >= 0.6 is 0 Å². The molecule has 0 aliphatic carbocycles. The van der Waals surface area contributed by atoms with Crippen LogP contribution in [0.4, 0.5) is 10.5 Å². The van der Waals surface area contributed by atoms with Gasteiger partial charge in [-0.2, -0.15) is 4.98 Å². The summed E-state index contributed by atoms with van der Waals surface area (Å²) in [6.07, 6.45) is 3.20. The smallest absolute Gasteiger partial charge is 0.321 e. The van der Waals surface area contributed by atoms with Gasteiger partial charge in [-0.1, -0.05) is 11.2 Å². The monoisotopic (exact) mass is 409 g/mol. The van der Waals surface area contributed by atoms with Gasteiger partial charge in [0, 0.05) is 37.0 Å². The molecule has 156 valence electrons. The highest BCUT2D eigenvalue weighted by Crippen LogP contribution is 2.31. The Hall–Kier alpha value is -3.62. The molecule has 1 aromatic carbocycles. The van der Waals surface area contributed by atoms with Crippen molar-refractivity contribution in [2.75, 3.05) is 32.6 Å². The predicted molar refractivity (Wildman–Crippen MR) is 110 cm³/mol. The maximum absolute atomic E-state index is 12.6. The summed E-state index contributed by atoms with van der Waals surface area (Å²) in [5.74, 6) is 2.38. The minimum atomic E-state index is -0.152. The number of nitrogens with zero attached hydrogens (tertiary/aromatic N) is 4. The number of rotatable bonds is 5. The van der Waals surface area contributed by atoms with Crippen molar-refractivity contribution < 1.29 is 18.8 Å². The number of likely N-dealkylation sites (tertiary alicyclic amines) is 1. The molecule has 9 heteroatoms. The van der Waals surface area contributed by atoms with Gasteiger partial charge in [0.2, 0.25) is 11.7 Å². The number of methoxy groups -OCH3 is 2. The fourth-order valence-electron chi connectivity index (χ4n) is 3.45. The molecule has 1 aliphatic rings. The van der Waals surface area contributed by atoms with E-state index in [0.717, 1.165) is 12.8 Å². The van der Waals surface area contributed by atoms with Crippen LogP contribution in [-0.4, -0.2) is 53.4 Å². The van der Waals surface area contributed by atoms with Crippen molar-refractivity contribution in [3.05, 3.63) is 48.5 Å². The minimum absolute atomic E-state index is 0.125. The van der Waals surface area contributed by atoms with Gasteiger partial charge in [0.1, 0.15) is 5.69 Å². The molecule has 0 spiro atoms. The van der Waals surface area contributed by atoms with Gasteiger partial charge in [0.25, 0.3) is 0 Å². The summed E-state index contributed by atoms with van der Waals surface area (Å²) >= 11 is 0. The molecule has 1 aliphatic heterocycles. The topological polar surface area (TPSA) is 103 Å². The SMILES string of the molecule is COc1ccc(NC(=O)N2CCC(c3nc(-c4ccccn4)no3)CC2)cc1OC. The number of aromatic nitrogens is 3. The summed E-state index contributed by atoms with van der Waals surface area (Å²) in [5, 5.41) is 6.95. The molecule has 3 aromatic rings. The number of anilines is 1. The Bertz CT molecular complexity index is 1000. The number of carbonyl (C=O) groups is 1. The first-order valence-electron chi connectivity index (χ1n) is 9.71. The van der Waals surface area contributed by atoms with Crippen molar-refractivity contribution in [3.63, 3.8) is 0 Å². The Labute approximate surface area is 174 Å². The van der Waals surface area contributed by atoms with Gasteiger partial charge in [0.05, 0.1) is 14.2 Å². The lowest BCUT2D eigenvalue weighted by atomic mass is 9.97. The van der Waals surface area contributed by atoms with Gasteiger partial charge in [0.15, 0.2) is 11.5 Å². The van der Waals surface area contributed by atoms with Crippen molar-refractivity contribution in [2.24, 2.45) is 0 Å². The van der Waals surface area contributed by atoms with Crippen LogP contribution in [0.1, 0.15) is 24.7 Å². The number of piperidine rings is 1. The molecular weight excluding hydrogens is 386 g/mol. The highest BCUT2D eigenvalue weighted by atomic mass is 16.5. The zero-order chi connectivity index (χ0) is 20.9. The van der Waals surface area contributed by atoms with Crippen molar-refractivity contribution in [3.8, 4) is 23.0 Å². The van der Waals surface area contributed by atoms with E-state index in [0.29, 0.717) is 47.7 Å². The minimum Gasteiger partial charge on any atom is -0.493 e. The molecule has 2 amide bonds. The number of amides is 2. The van der Waals surface area contributed by atoms with E-state index in [-0.39, 0.29) is 11.9 Å². The van der Waals surface area contributed by atoms with Crippen LogP contribution in [0.5, 0.6) is 11.5 Å². The molecule has 9 nitrogen and oxygen atoms in total. The fraction of sp³-hybridized carbons (Fsp3) is 0.333. The molecule has 0 unspecified atom stereocenters. The van der Waals surface area contributed by atoms with Crippen LogP contribution in [0.15, 0.2) is 47.1 Å². The number of nitrogens with one attached hydrogen (secondary N) is 1. The van der Waals surface area contributed by atoms with Crippen LogP contribution in [0, 0.1) is 0 Å². The largest absolute Gasteiger partial charge is 0.493 e. The molecule has 2 aromatic heterocycles. The van der Waals surface area contributed by atoms with Crippen LogP contribution in [0.3, 0.4) is 0 Å². The summed E-state index contributed by atoms with van der Waals surface area (Å²) in [7, 11) is 3.13. The maximum atomic E-state index is 12.6. The van der Waals surface area contributed by atoms with E-state index in [2.05, 4.69) is 20.4 Å². The molecular formula is C21H23N5O4. The first kappa shape index (κ1) is 19.7. The van der Waals surface area contributed by atoms with E-state index < -0.39 is 0 Å². The maximum Gasteiger partial charge on any atom is 0.321 e. The molecule has 0 radical (unpaired) electrons. The first-order valence-corrected chi connectivity index (χ1v) is 9.71. The Morgan fingerprint density at radius 1 is 1.13 bits per heavy atom. The lowest BCUT2D eigenvalue weighted by Crippen LogP contribution is -2.40. The quantitative estimate of drug-likeness (QED) is 0.687. The van der Waals surface area contributed by atoms with Gasteiger partial charge >= 0.3 is 6.03 Å². The third kappa shape index (κ3) is 4.19. The molecule has 30 heavy (non-hydrogen) atoms. The third-order valence-electron chi connectivity index (χ3n) is 5.10. The zero-order valence-electron chi connectivity index (χ0n) is 16.9. The van der Waals surface area contributed by atoms with Crippen molar-refractivity contribution in [1.29, 1.82) is 0 Å².